The molecule has 0 bridgehead atoms. The molecule has 0 saturated heterocycles. The summed E-state index contributed by atoms with van der Waals surface area (Å²) in [4.78, 5) is 32.8. The number of hydrogen-bond donors (Lipinski definition) is 1. The van der Waals surface area contributed by atoms with Crippen LogP contribution in [0.25, 0.3) is 16.7 Å². The zero-order valence-corrected chi connectivity index (χ0v) is 14.2. The van der Waals surface area contributed by atoms with Gasteiger partial charge >= 0.3 is 0 Å². The zero-order chi connectivity index (χ0) is 18.6. The number of aromatic nitrogens is 6. The van der Waals surface area contributed by atoms with Crippen molar-refractivity contribution in [2.75, 3.05) is 0 Å². The van der Waals surface area contributed by atoms with Crippen LogP contribution in [-0.4, -0.2) is 35.4 Å². The molecule has 4 aromatic rings. The van der Waals surface area contributed by atoms with E-state index in [9.17, 15) is 9.59 Å². The van der Waals surface area contributed by atoms with Crippen LogP contribution in [0.2, 0.25) is 0 Å². The Kier molecular flexibility index (Phi) is 4.40. The summed E-state index contributed by atoms with van der Waals surface area (Å²) in [5.74, 6) is 0.374. The molecule has 134 valence electrons. The predicted molar refractivity (Wildman–Crippen MR) is 97.0 cm³/mol. The van der Waals surface area contributed by atoms with Crippen LogP contribution in [-0.2, 0) is 17.9 Å². The third-order valence-corrected chi connectivity index (χ3v) is 3.99. The van der Waals surface area contributed by atoms with Gasteiger partial charge in [-0.1, -0.05) is 17.3 Å². The van der Waals surface area contributed by atoms with Gasteiger partial charge in [0.25, 0.3) is 5.56 Å². The second-order valence-electron chi connectivity index (χ2n) is 5.84. The number of nitrogens with zero attached hydrogens (tertiary/aromatic N) is 6. The van der Waals surface area contributed by atoms with Gasteiger partial charge in [0.15, 0.2) is 0 Å². The van der Waals surface area contributed by atoms with Crippen molar-refractivity contribution in [3.05, 3.63) is 77.2 Å². The summed E-state index contributed by atoms with van der Waals surface area (Å²) < 4.78 is 2.83. The van der Waals surface area contributed by atoms with Crippen LogP contribution < -0.4 is 10.9 Å². The highest BCUT2D eigenvalue weighted by Gasteiger charge is 2.09. The zero-order valence-electron chi connectivity index (χ0n) is 14.2. The highest BCUT2D eigenvalue weighted by Crippen LogP contribution is 2.07. The smallest absolute Gasteiger partial charge is 0.278 e. The molecule has 3 heterocycles. The molecule has 1 N–H and O–H groups in total. The molecular formula is C18H15N7O2. The fourth-order valence-electron chi connectivity index (χ4n) is 2.63. The maximum Gasteiger partial charge on any atom is 0.278 e. The van der Waals surface area contributed by atoms with Gasteiger partial charge in [0, 0.05) is 25.1 Å². The van der Waals surface area contributed by atoms with E-state index < -0.39 is 0 Å². The van der Waals surface area contributed by atoms with Gasteiger partial charge in [-0.2, -0.15) is 0 Å². The van der Waals surface area contributed by atoms with Crippen molar-refractivity contribution in [2.45, 2.75) is 13.1 Å². The molecule has 9 heteroatoms. The normalized spacial score (nSPS) is 10.8. The Balaban J connectivity index is 1.44. The Bertz CT molecular complexity index is 1150. The molecule has 9 nitrogen and oxygen atoms in total. The maximum absolute atomic E-state index is 12.4. The molecule has 0 aliphatic carbocycles. The predicted octanol–water partition coefficient (Wildman–Crippen LogP) is 0.689. The molecule has 0 aliphatic heterocycles. The number of carbonyl (C=O) groups excluding carboxylic acids is 1. The molecule has 0 spiro atoms. The Labute approximate surface area is 153 Å². The first-order valence-corrected chi connectivity index (χ1v) is 8.23. The fourth-order valence-corrected chi connectivity index (χ4v) is 2.63. The molecule has 0 aliphatic rings. The monoisotopic (exact) mass is 361 g/mol. The van der Waals surface area contributed by atoms with E-state index in [2.05, 4.69) is 25.6 Å². The molecule has 1 aromatic carbocycles. The van der Waals surface area contributed by atoms with Crippen LogP contribution in [0.4, 0.5) is 0 Å². The number of carbonyl (C=O) groups is 1. The SMILES string of the molecule is O=C(Cn1nnc2ccccc2c1=O)NCc1ccnc(-n2ccnc2)c1. The number of nitrogens with one attached hydrogen (secondary N) is 1. The van der Waals surface area contributed by atoms with E-state index in [1.54, 1.807) is 53.8 Å². The van der Waals surface area contributed by atoms with E-state index in [1.165, 1.54) is 0 Å². The average molecular weight is 361 g/mol. The van der Waals surface area contributed by atoms with E-state index in [0.29, 0.717) is 23.3 Å². The van der Waals surface area contributed by atoms with Gasteiger partial charge in [0.05, 0.1) is 5.39 Å². The van der Waals surface area contributed by atoms with Crippen molar-refractivity contribution in [2.24, 2.45) is 0 Å². The number of imidazole rings is 1. The van der Waals surface area contributed by atoms with Crippen molar-refractivity contribution in [1.82, 2.24) is 34.8 Å². The highest BCUT2D eigenvalue weighted by molar-refractivity contribution is 5.78. The molecule has 0 unspecified atom stereocenters. The lowest BCUT2D eigenvalue weighted by atomic mass is 10.2. The lowest BCUT2D eigenvalue weighted by Crippen LogP contribution is -2.34. The van der Waals surface area contributed by atoms with Gasteiger partial charge in [0.2, 0.25) is 5.91 Å². The van der Waals surface area contributed by atoms with Crippen LogP contribution in [0.1, 0.15) is 5.56 Å². The van der Waals surface area contributed by atoms with Crippen LogP contribution in [0.5, 0.6) is 0 Å². The van der Waals surface area contributed by atoms with Gasteiger partial charge in [-0.05, 0) is 29.8 Å². The Morgan fingerprint density at radius 2 is 2.04 bits per heavy atom. The minimum atomic E-state index is -0.345. The molecule has 3 aromatic heterocycles. The molecular weight excluding hydrogens is 346 g/mol. The molecule has 1 amide bonds. The second kappa shape index (κ2) is 7.16. The topological polar surface area (TPSA) is 108 Å². The van der Waals surface area contributed by atoms with E-state index in [4.69, 9.17) is 0 Å². The Hall–Kier alpha value is -3.88. The summed E-state index contributed by atoms with van der Waals surface area (Å²) in [5, 5.41) is 11.0. The number of pyridine rings is 1. The lowest BCUT2D eigenvalue weighted by molar-refractivity contribution is -0.122. The molecule has 0 fully saturated rings. The molecule has 0 radical (unpaired) electrons. The standard InChI is InChI=1S/C18H15N7O2/c26-17(11-25-18(27)14-3-1-2-4-15(14)22-23-25)21-10-13-5-6-20-16(9-13)24-8-7-19-12-24/h1-9,12H,10-11H2,(H,21,26). The van der Waals surface area contributed by atoms with Crippen LogP contribution in [0, 0.1) is 0 Å². The minimum Gasteiger partial charge on any atom is -0.350 e. The van der Waals surface area contributed by atoms with Gasteiger partial charge < -0.3 is 5.32 Å². The first-order valence-electron chi connectivity index (χ1n) is 8.23. The van der Waals surface area contributed by atoms with Crippen molar-refractivity contribution < 1.29 is 4.79 Å². The second-order valence-corrected chi connectivity index (χ2v) is 5.84. The minimum absolute atomic E-state index is 0.198. The summed E-state index contributed by atoms with van der Waals surface area (Å²) in [7, 11) is 0. The highest BCUT2D eigenvalue weighted by atomic mass is 16.2. The van der Waals surface area contributed by atoms with Gasteiger partial charge in [0.1, 0.15) is 24.2 Å². The first-order chi connectivity index (χ1) is 13.2. The molecule has 0 saturated carbocycles. The number of hydrogen-bond acceptors (Lipinski definition) is 6. The summed E-state index contributed by atoms with van der Waals surface area (Å²) in [6, 6.07) is 10.6. The van der Waals surface area contributed by atoms with E-state index in [0.717, 1.165) is 10.2 Å². The summed E-state index contributed by atoms with van der Waals surface area (Å²) in [5.41, 5.74) is 1.03. The van der Waals surface area contributed by atoms with Crippen LogP contribution in [0.15, 0.2) is 66.1 Å². The van der Waals surface area contributed by atoms with Crippen molar-refractivity contribution in [3.8, 4) is 5.82 Å². The molecule has 4 rings (SSSR count). The van der Waals surface area contributed by atoms with Crippen molar-refractivity contribution in [3.63, 3.8) is 0 Å². The molecule has 27 heavy (non-hydrogen) atoms. The summed E-state index contributed by atoms with van der Waals surface area (Å²) in [6.45, 7) is 0.106. The van der Waals surface area contributed by atoms with E-state index >= 15 is 0 Å². The number of fused-ring (bicyclic) bond motifs is 1. The number of amides is 1. The third-order valence-electron chi connectivity index (χ3n) is 3.99. The number of rotatable bonds is 5. The van der Waals surface area contributed by atoms with Gasteiger partial charge in [-0.3, -0.25) is 14.2 Å². The Morgan fingerprint density at radius 1 is 1.15 bits per heavy atom. The number of benzene rings is 1. The lowest BCUT2D eigenvalue weighted by Gasteiger charge is -2.08. The average Bonchev–Trinajstić information content (AvgIpc) is 3.24. The van der Waals surface area contributed by atoms with E-state index in [-0.39, 0.29) is 18.0 Å². The summed E-state index contributed by atoms with van der Waals surface area (Å²) >= 11 is 0. The van der Waals surface area contributed by atoms with Crippen molar-refractivity contribution in [1.29, 1.82) is 0 Å². The summed E-state index contributed by atoms with van der Waals surface area (Å²) in [6.07, 6.45) is 6.76. The fraction of sp³-hybridized carbons (Fsp3) is 0.111. The molecule has 0 atom stereocenters. The van der Waals surface area contributed by atoms with Gasteiger partial charge in [-0.25, -0.2) is 14.6 Å². The van der Waals surface area contributed by atoms with Gasteiger partial charge in [-0.15, -0.1) is 5.10 Å². The maximum atomic E-state index is 12.4. The Morgan fingerprint density at radius 3 is 2.89 bits per heavy atom. The van der Waals surface area contributed by atoms with Crippen LogP contribution >= 0.6 is 0 Å². The van der Waals surface area contributed by atoms with Crippen LogP contribution in [0.3, 0.4) is 0 Å². The van der Waals surface area contributed by atoms with Crippen molar-refractivity contribution >= 4 is 16.8 Å². The quantitative estimate of drug-likeness (QED) is 0.560. The first kappa shape index (κ1) is 16.6. The third kappa shape index (κ3) is 3.56. The largest absolute Gasteiger partial charge is 0.350 e. The van der Waals surface area contributed by atoms with E-state index in [1.807, 2.05) is 12.1 Å².